The quantitative estimate of drug-likeness (QED) is 0.647. The van der Waals surface area contributed by atoms with E-state index in [1.165, 1.54) is 0 Å². The summed E-state index contributed by atoms with van der Waals surface area (Å²) in [6.45, 7) is 0. The van der Waals surface area contributed by atoms with Crippen molar-refractivity contribution >= 4 is 10.9 Å². The Morgan fingerprint density at radius 3 is 2.87 bits per heavy atom. The lowest BCUT2D eigenvalue weighted by atomic mass is 10.2. The van der Waals surface area contributed by atoms with Crippen molar-refractivity contribution in [3.8, 4) is 11.5 Å². The SMILES string of the molecule is c1ccc2nc(-c3ccn[nH]3)ncc2c1. The van der Waals surface area contributed by atoms with Gasteiger partial charge in [0.2, 0.25) is 0 Å². The van der Waals surface area contributed by atoms with Crippen molar-refractivity contribution in [2.24, 2.45) is 0 Å². The number of rotatable bonds is 1. The van der Waals surface area contributed by atoms with Crippen LogP contribution in [0.3, 0.4) is 0 Å². The summed E-state index contributed by atoms with van der Waals surface area (Å²) in [6.07, 6.45) is 3.51. The minimum atomic E-state index is 0.672. The van der Waals surface area contributed by atoms with Gasteiger partial charge in [0.05, 0.1) is 5.52 Å². The highest BCUT2D eigenvalue weighted by molar-refractivity contribution is 5.78. The fourth-order valence-corrected chi connectivity index (χ4v) is 1.48. The topological polar surface area (TPSA) is 54.5 Å². The lowest BCUT2D eigenvalue weighted by Gasteiger charge is -1.98. The Kier molecular flexibility index (Phi) is 1.71. The molecule has 0 fully saturated rings. The fourth-order valence-electron chi connectivity index (χ4n) is 1.48. The molecule has 0 spiro atoms. The minimum absolute atomic E-state index is 0.672. The monoisotopic (exact) mass is 196 g/mol. The van der Waals surface area contributed by atoms with Crippen LogP contribution in [0, 0.1) is 0 Å². The minimum Gasteiger partial charge on any atom is -0.275 e. The van der Waals surface area contributed by atoms with E-state index < -0.39 is 0 Å². The first-order valence-corrected chi connectivity index (χ1v) is 4.65. The zero-order valence-corrected chi connectivity index (χ0v) is 7.88. The number of fused-ring (bicyclic) bond motifs is 1. The summed E-state index contributed by atoms with van der Waals surface area (Å²) in [7, 11) is 0. The number of nitrogens with one attached hydrogen (secondary N) is 1. The van der Waals surface area contributed by atoms with Crippen molar-refractivity contribution in [2.75, 3.05) is 0 Å². The van der Waals surface area contributed by atoms with Crippen LogP contribution in [0.1, 0.15) is 0 Å². The molecular formula is C11H8N4. The lowest BCUT2D eigenvalue weighted by Crippen LogP contribution is -1.89. The van der Waals surface area contributed by atoms with Gasteiger partial charge < -0.3 is 0 Å². The van der Waals surface area contributed by atoms with Crippen molar-refractivity contribution in [3.63, 3.8) is 0 Å². The summed E-state index contributed by atoms with van der Waals surface area (Å²) in [4.78, 5) is 8.70. The molecule has 0 aliphatic heterocycles. The maximum atomic E-state index is 4.44. The Balaban J connectivity index is 2.22. The molecular weight excluding hydrogens is 188 g/mol. The predicted octanol–water partition coefficient (Wildman–Crippen LogP) is 2.02. The van der Waals surface area contributed by atoms with Crippen LogP contribution < -0.4 is 0 Å². The van der Waals surface area contributed by atoms with Crippen LogP contribution in [0.2, 0.25) is 0 Å². The van der Waals surface area contributed by atoms with Gasteiger partial charge in [0, 0.05) is 17.8 Å². The van der Waals surface area contributed by atoms with E-state index in [2.05, 4.69) is 20.2 Å². The van der Waals surface area contributed by atoms with E-state index in [4.69, 9.17) is 0 Å². The number of aromatic nitrogens is 4. The Labute approximate surface area is 86.0 Å². The summed E-state index contributed by atoms with van der Waals surface area (Å²) in [5.41, 5.74) is 1.78. The van der Waals surface area contributed by atoms with Gasteiger partial charge >= 0.3 is 0 Å². The van der Waals surface area contributed by atoms with Crippen molar-refractivity contribution in [2.45, 2.75) is 0 Å². The summed E-state index contributed by atoms with van der Waals surface area (Å²) in [5.74, 6) is 0.672. The van der Waals surface area contributed by atoms with E-state index in [1.807, 2.05) is 36.5 Å². The van der Waals surface area contributed by atoms with Gasteiger partial charge in [-0.1, -0.05) is 18.2 Å². The molecule has 0 aliphatic rings. The maximum absolute atomic E-state index is 4.44. The van der Waals surface area contributed by atoms with Gasteiger partial charge in [-0.2, -0.15) is 5.10 Å². The van der Waals surface area contributed by atoms with Gasteiger partial charge in [-0.05, 0) is 12.1 Å². The van der Waals surface area contributed by atoms with Crippen molar-refractivity contribution in [1.82, 2.24) is 20.2 Å². The second-order valence-electron chi connectivity index (χ2n) is 3.22. The molecule has 1 aromatic carbocycles. The third kappa shape index (κ3) is 1.36. The highest BCUT2D eigenvalue weighted by Crippen LogP contribution is 2.15. The molecule has 1 N–H and O–H groups in total. The average molecular weight is 196 g/mol. The molecule has 0 aliphatic carbocycles. The first kappa shape index (κ1) is 8.11. The number of aromatic amines is 1. The number of hydrogen-bond donors (Lipinski definition) is 1. The third-order valence-corrected chi connectivity index (χ3v) is 2.23. The summed E-state index contributed by atoms with van der Waals surface area (Å²) in [6, 6.07) is 9.75. The van der Waals surface area contributed by atoms with Gasteiger partial charge in [-0.25, -0.2) is 9.97 Å². The number of hydrogen-bond acceptors (Lipinski definition) is 3. The van der Waals surface area contributed by atoms with Crippen molar-refractivity contribution < 1.29 is 0 Å². The van der Waals surface area contributed by atoms with Gasteiger partial charge in [-0.15, -0.1) is 0 Å². The normalized spacial score (nSPS) is 10.7. The Morgan fingerprint density at radius 2 is 2.00 bits per heavy atom. The molecule has 4 nitrogen and oxygen atoms in total. The molecule has 0 saturated heterocycles. The smallest absolute Gasteiger partial charge is 0.178 e. The maximum Gasteiger partial charge on any atom is 0.178 e. The van der Waals surface area contributed by atoms with E-state index in [-0.39, 0.29) is 0 Å². The molecule has 0 saturated carbocycles. The van der Waals surface area contributed by atoms with Crippen LogP contribution in [0.4, 0.5) is 0 Å². The van der Waals surface area contributed by atoms with Gasteiger partial charge in [0.25, 0.3) is 0 Å². The number of para-hydroxylation sites is 1. The van der Waals surface area contributed by atoms with Crippen LogP contribution in [0.25, 0.3) is 22.4 Å². The molecule has 3 aromatic rings. The molecule has 0 bridgehead atoms. The van der Waals surface area contributed by atoms with Gasteiger partial charge in [0.1, 0.15) is 5.69 Å². The van der Waals surface area contributed by atoms with E-state index in [0.29, 0.717) is 5.82 Å². The summed E-state index contributed by atoms with van der Waals surface area (Å²) >= 11 is 0. The molecule has 0 amide bonds. The second kappa shape index (κ2) is 3.16. The first-order valence-electron chi connectivity index (χ1n) is 4.65. The average Bonchev–Trinajstić information content (AvgIpc) is 2.82. The number of H-pyrrole nitrogens is 1. The number of nitrogens with zero attached hydrogens (tertiary/aromatic N) is 3. The molecule has 3 rings (SSSR count). The molecule has 0 atom stereocenters. The van der Waals surface area contributed by atoms with E-state index >= 15 is 0 Å². The largest absolute Gasteiger partial charge is 0.275 e. The lowest BCUT2D eigenvalue weighted by molar-refractivity contribution is 1.07. The first-order chi connectivity index (χ1) is 7.43. The van der Waals surface area contributed by atoms with Crippen molar-refractivity contribution in [3.05, 3.63) is 42.7 Å². The van der Waals surface area contributed by atoms with Gasteiger partial charge in [-0.3, -0.25) is 5.10 Å². The standard InChI is InChI=1S/C11H8N4/c1-2-4-9-8(3-1)7-12-11(14-9)10-5-6-13-15-10/h1-7H,(H,13,15). The second-order valence-corrected chi connectivity index (χ2v) is 3.22. The molecule has 0 radical (unpaired) electrons. The summed E-state index contributed by atoms with van der Waals surface area (Å²) < 4.78 is 0. The van der Waals surface area contributed by atoms with E-state index in [0.717, 1.165) is 16.6 Å². The van der Waals surface area contributed by atoms with Crippen molar-refractivity contribution in [1.29, 1.82) is 0 Å². The zero-order chi connectivity index (χ0) is 10.1. The van der Waals surface area contributed by atoms with Gasteiger partial charge in [0.15, 0.2) is 5.82 Å². The molecule has 0 unspecified atom stereocenters. The predicted molar refractivity (Wildman–Crippen MR) is 57.1 cm³/mol. The van der Waals surface area contributed by atoms with E-state index in [1.54, 1.807) is 6.20 Å². The fraction of sp³-hybridized carbons (Fsp3) is 0. The molecule has 15 heavy (non-hydrogen) atoms. The Hall–Kier alpha value is -2.23. The zero-order valence-electron chi connectivity index (χ0n) is 7.88. The van der Waals surface area contributed by atoms with Crippen LogP contribution in [-0.4, -0.2) is 20.2 Å². The number of benzene rings is 1. The van der Waals surface area contributed by atoms with Crippen LogP contribution in [-0.2, 0) is 0 Å². The molecule has 72 valence electrons. The third-order valence-electron chi connectivity index (χ3n) is 2.23. The highest BCUT2D eigenvalue weighted by atomic mass is 15.1. The Bertz CT molecular complexity index is 586. The highest BCUT2D eigenvalue weighted by Gasteiger charge is 2.02. The van der Waals surface area contributed by atoms with Crippen LogP contribution in [0.15, 0.2) is 42.7 Å². The summed E-state index contributed by atoms with van der Waals surface area (Å²) in [5, 5.41) is 7.76. The van der Waals surface area contributed by atoms with E-state index in [9.17, 15) is 0 Å². The van der Waals surface area contributed by atoms with Crippen LogP contribution in [0.5, 0.6) is 0 Å². The molecule has 2 aromatic heterocycles. The Morgan fingerprint density at radius 1 is 1.07 bits per heavy atom. The van der Waals surface area contributed by atoms with Crippen LogP contribution >= 0.6 is 0 Å². The molecule has 2 heterocycles. The molecule has 4 heteroatoms.